The van der Waals surface area contributed by atoms with Crippen molar-refractivity contribution in [3.8, 4) is 0 Å². The lowest BCUT2D eigenvalue weighted by Gasteiger charge is -2.27. The molecule has 0 aliphatic carbocycles. The van der Waals surface area contributed by atoms with Gasteiger partial charge in [-0.2, -0.15) is 0 Å². The Morgan fingerprint density at radius 2 is 2.31 bits per heavy atom. The van der Waals surface area contributed by atoms with Crippen LogP contribution in [0, 0.1) is 0 Å². The van der Waals surface area contributed by atoms with E-state index in [1.807, 2.05) is 6.08 Å². The van der Waals surface area contributed by atoms with Crippen LogP contribution in [0.25, 0.3) is 6.08 Å². The molecule has 1 aromatic rings. The Hall–Kier alpha value is -1.24. The van der Waals surface area contributed by atoms with Gasteiger partial charge in [-0.15, -0.1) is 0 Å². The van der Waals surface area contributed by atoms with Gasteiger partial charge in [0.05, 0.1) is 0 Å². The number of fused-ring (bicyclic) bond motifs is 1. The first-order valence-electron chi connectivity index (χ1n) is 4.78. The molecule has 0 spiro atoms. The first-order valence-corrected chi connectivity index (χ1v) is 4.78. The highest BCUT2D eigenvalue weighted by atomic mass is 15.1. The van der Waals surface area contributed by atoms with E-state index in [0.717, 1.165) is 0 Å². The van der Waals surface area contributed by atoms with Gasteiger partial charge in [0.25, 0.3) is 0 Å². The van der Waals surface area contributed by atoms with Gasteiger partial charge < -0.3 is 4.90 Å². The summed E-state index contributed by atoms with van der Waals surface area (Å²) in [7, 11) is 2.16. The molecule has 0 radical (unpaired) electrons. The van der Waals surface area contributed by atoms with Gasteiger partial charge >= 0.3 is 0 Å². The van der Waals surface area contributed by atoms with Gasteiger partial charge in [0.1, 0.15) is 0 Å². The second kappa shape index (κ2) is 3.25. The zero-order valence-electron chi connectivity index (χ0n) is 8.09. The number of anilines is 1. The summed E-state index contributed by atoms with van der Waals surface area (Å²) in [6.45, 7) is 4.97. The summed E-state index contributed by atoms with van der Waals surface area (Å²) >= 11 is 0. The zero-order chi connectivity index (χ0) is 9.26. The minimum absolute atomic E-state index is 1.18. The molecule has 0 bridgehead atoms. The standard InChI is InChI=1S/C12H15N/c1-3-10-6-7-12-11(9-10)5-4-8-13(12)2/h3,6-7,9H,1,4-5,8H2,2H3. The van der Waals surface area contributed by atoms with Crippen LogP contribution in [0.4, 0.5) is 5.69 Å². The number of nitrogens with zero attached hydrogens (tertiary/aromatic N) is 1. The molecular weight excluding hydrogens is 158 g/mol. The molecule has 0 atom stereocenters. The minimum Gasteiger partial charge on any atom is -0.374 e. The van der Waals surface area contributed by atoms with Gasteiger partial charge in [0.15, 0.2) is 0 Å². The number of hydrogen-bond acceptors (Lipinski definition) is 1. The lowest BCUT2D eigenvalue weighted by Crippen LogP contribution is -2.24. The molecule has 0 N–H and O–H groups in total. The van der Waals surface area contributed by atoms with Crippen molar-refractivity contribution in [1.29, 1.82) is 0 Å². The fraction of sp³-hybridized carbons (Fsp3) is 0.333. The third kappa shape index (κ3) is 1.46. The normalized spacial score (nSPS) is 15.3. The van der Waals surface area contributed by atoms with Crippen molar-refractivity contribution in [2.24, 2.45) is 0 Å². The van der Waals surface area contributed by atoms with Gasteiger partial charge in [-0.05, 0) is 36.1 Å². The third-order valence-corrected chi connectivity index (χ3v) is 2.69. The summed E-state index contributed by atoms with van der Waals surface area (Å²) in [5.41, 5.74) is 4.08. The van der Waals surface area contributed by atoms with Crippen molar-refractivity contribution in [3.63, 3.8) is 0 Å². The molecule has 2 rings (SSSR count). The predicted molar refractivity (Wildman–Crippen MR) is 58.1 cm³/mol. The second-order valence-corrected chi connectivity index (χ2v) is 3.62. The molecule has 0 amide bonds. The molecule has 1 nitrogen and oxygen atoms in total. The van der Waals surface area contributed by atoms with Gasteiger partial charge in [-0.25, -0.2) is 0 Å². The number of benzene rings is 1. The highest BCUT2D eigenvalue weighted by Crippen LogP contribution is 2.26. The highest BCUT2D eigenvalue weighted by molar-refractivity contribution is 5.61. The summed E-state index contributed by atoms with van der Waals surface area (Å²) in [6, 6.07) is 6.58. The Labute approximate surface area is 79.7 Å². The number of hydrogen-bond donors (Lipinski definition) is 0. The van der Waals surface area contributed by atoms with E-state index in [4.69, 9.17) is 0 Å². The molecule has 1 heteroatoms. The van der Waals surface area contributed by atoms with Crippen molar-refractivity contribution in [2.45, 2.75) is 12.8 Å². The van der Waals surface area contributed by atoms with Crippen LogP contribution in [0.15, 0.2) is 24.8 Å². The van der Waals surface area contributed by atoms with Crippen LogP contribution in [-0.2, 0) is 6.42 Å². The Morgan fingerprint density at radius 1 is 1.46 bits per heavy atom. The van der Waals surface area contributed by atoms with E-state index in [9.17, 15) is 0 Å². The van der Waals surface area contributed by atoms with Crippen LogP contribution in [-0.4, -0.2) is 13.6 Å². The average molecular weight is 173 g/mol. The third-order valence-electron chi connectivity index (χ3n) is 2.69. The van der Waals surface area contributed by atoms with Crippen molar-refractivity contribution in [3.05, 3.63) is 35.9 Å². The molecule has 13 heavy (non-hydrogen) atoms. The monoisotopic (exact) mass is 173 g/mol. The predicted octanol–water partition coefficient (Wildman–Crippen LogP) is 2.71. The molecule has 0 saturated carbocycles. The Kier molecular flexibility index (Phi) is 2.09. The molecule has 0 saturated heterocycles. The highest BCUT2D eigenvalue weighted by Gasteiger charge is 2.12. The van der Waals surface area contributed by atoms with Crippen LogP contribution in [0.2, 0.25) is 0 Å². The van der Waals surface area contributed by atoms with Crippen molar-refractivity contribution in [1.82, 2.24) is 0 Å². The van der Waals surface area contributed by atoms with E-state index in [2.05, 4.69) is 36.7 Å². The Morgan fingerprint density at radius 3 is 3.08 bits per heavy atom. The maximum absolute atomic E-state index is 3.79. The Bertz CT molecular complexity index is 328. The molecule has 1 aliphatic heterocycles. The summed E-state index contributed by atoms with van der Waals surface area (Å²) in [6.07, 6.45) is 4.39. The molecular formula is C12H15N. The van der Waals surface area contributed by atoms with E-state index >= 15 is 0 Å². The summed E-state index contributed by atoms with van der Waals surface area (Å²) in [5, 5.41) is 0. The van der Waals surface area contributed by atoms with Gasteiger partial charge in [0.2, 0.25) is 0 Å². The Balaban J connectivity index is 2.45. The molecule has 1 aromatic carbocycles. The fourth-order valence-electron chi connectivity index (χ4n) is 1.93. The number of rotatable bonds is 1. The fourth-order valence-corrected chi connectivity index (χ4v) is 1.93. The van der Waals surface area contributed by atoms with Gasteiger partial charge in [-0.3, -0.25) is 0 Å². The van der Waals surface area contributed by atoms with Crippen molar-refractivity contribution < 1.29 is 0 Å². The van der Waals surface area contributed by atoms with Crippen LogP contribution in [0.1, 0.15) is 17.5 Å². The molecule has 68 valence electrons. The SMILES string of the molecule is C=Cc1ccc2c(c1)CCCN2C. The molecule has 0 unspecified atom stereocenters. The van der Waals surface area contributed by atoms with Crippen LogP contribution in [0.5, 0.6) is 0 Å². The molecule has 1 heterocycles. The van der Waals surface area contributed by atoms with E-state index in [-0.39, 0.29) is 0 Å². The summed E-state index contributed by atoms with van der Waals surface area (Å²) in [5.74, 6) is 0. The van der Waals surface area contributed by atoms with E-state index < -0.39 is 0 Å². The summed E-state index contributed by atoms with van der Waals surface area (Å²) in [4.78, 5) is 2.33. The first kappa shape index (κ1) is 8.36. The molecule has 1 aliphatic rings. The maximum atomic E-state index is 3.79. The second-order valence-electron chi connectivity index (χ2n) is 3.62. The lowest BCUT2D eigenvalue weighted by molar-refractivity contribution is 0.744. The number of aryl methyl sites for hydroxylation is 1. The zero-order valence-corrected chi connectivity index (χ0v) is 8.09. The average Bonchev–Trinajstić information content (AvgIpc) is 2.18. The molecule has 0 aromatic heterocycles. The van der Waals surface area contributed by atoms with Crippen molar-refractivity contribution in [2.75, 3.05) is 18.5 Å². The van der Waals surface area contributed by atoms with E-state index in [0.29, 0.717) is 0 Å². The quantitative estimate of drug-likeness (QED) is 0.631. The lowest BCUT2D eigenvalue weighted by atomic mass is 10.00. The molecule has 0 fully saturated rings. The van der Waals surface area contributed by atoms with Gasteiger partial charge in [0, 0.05) is 19.3 Å². The first-order chi connectivity index (χ1) is 6.31. The largest absolute Gasteiger partial charge is 0.374 e. The summed E-state index contributed by atoms with van der Waals surface area (Å²) < 4.78 is 0. The van der Waals surface area contributed by atoms with E-state index in [1.54, 1.807) is 0 Å². The van der Waals surface area contributed by atoms with Crippen LogP contribution < -0.4 is 4.90 Å². The maximum Gasteiger partial charge on any atom is 0.0396 e. The van der Waals surface area contributed by atoms with Crippen LogP contribution in [0.3, 0.4) is 0 Å². The van der Waals surface area contributed by atoms with Crippen LogP contribution >= 0.6 is 0 Å². The minimum atomic E-state index is 1.18. The van der Waals surface area contributed by atoms with E-state index in [1.165, 1.54) is 36.2 Å². The smallest absolute Gasteiger partial charge is 0.0396 e. The van der Waals surface area contributed by atoms with Crippen molar-refractivity contribution >= 4 is 11.8 Å². The topological polar surface area (TPSA) is 3.24 Å². The van der Waals surface area contributed by atoms with Gasteiger partial charge in [-0.1, -0.05) is 18.7 Å².